The predicted octanol–water partition coefficient (Wildman–Crippen LogP) is 3.27. The summed E-state index contributed by atoms with van der Waals surface area (Å²) >= 11 is 5.99. The van der Waals surface area contributed by atoms with Crippen molar-refractivity contribution in [2.75, 3.05) is 0 Å². The standard InChI is InChI=1S/C19H27ClN4O2/c1-2-3-9-24-19(13-7-8-17(25)16(21)10-13)22-18(23-24)12-26-15-6-4-5-14(20)11-15/h4-6,11,13,16-17,25H,2-3,7-10,12,21H2,1H3/t13-,16+,17+/m0/s1. The van der Waals surface area contributed by atoms with E-state index in [0.717, 1.165) is 38.1 Å². The summed E-state index contributed by atoms with van der Waals surface area (Å²) in [6, 6.07) is 7.10. The quantitative estimate of drug-likeness (QED) is 0.772. The van der Waals surface area contributed by atoms with Crippen LogP contribution in [0, 0.1) is 0 Å². The predicted molar refractivity (Wildman–Crippen MR) is 101 cm³/mol. The highest BCUT2D eigenvalue weighted by atomic mass is 35.5. The number of aromatic nitrogens is 3. The van der Waals surface area contributed by atoms with Crippen LogP contribution in [0.25, 0.3) is 0 Å². The number of halogens is 1. The number of benzene rings is 1. The first-order chi connectivity index (χ1) is 12.6. The van der Waals surface area contributed by atoms with Crippen LogP contribution < -0.4 is 10.5 Å². The van der Waals surface area contributed by atoms with Crippen LogP contribution in [0.4, 0.5) is 0 Å². The number of aryl methyl sites for hydroxylation is 1. The Morgan fingerprint density at radius 1 is 1.38 bits per heavy atom. The molecule has 7 heteroatoms. The van der Waals surface area contributed by atoms with Crippen LogP contribution in [-0.4, -0.2) is 32.0 Å². The van der Waals surface area contributed by atoms with Crippen LogP contribution in [0.2, 0.25) is 5.02 Å². The fraction of sp³-hybridized carbons (Fsp3) is 0.579. The van der Waals surface area contributed by atoms with Crippen molar-refractivity contribution in [3.05, 3.63) is 40.9 Å². The van der Waals surface area contributed by atoms with E-state index < -0.39 is 6.10 Å². The fourth-order valence-corrected chi connectivity index (χ4v) is 3.55. The first-order valence-electron chi connectivity index (χ1n) is 9.32. The first kappa shape index (κ1) is 19.1. The lowest BCUT2D eigenvalue weighted by atomic mass is 9.83. The molecule has 1 aromatic heterocycles. The summed E-state index contributed by atoms with van der Waals surface area (Å²) < 4.78 is 7.78. The molecule has 3 N–H and O–H groups in total. The van der Waals surface area contributed by atoms with E-state index in [1.807, 2.05) is 22.9 Å². The summed E-state index contributed by atoms with van der Waals surface area (Å²) in [6.45, 7) is 3.30. The molecule has 0 bridgehead atoms. The SMILES string of the molecule is CCCCn1nc(COc2cccc(Cl)c2)nc1[C@H]1CC[C@@H](O)[C@H](N)C1. The van der Waals surface area contributed by atoms with Gasteiger partial charge in [0.1, 0.15) is 18.2 Å². The second-order valence-electron chi connectivity index (χ2n) is 6.95. The van der Waals surface area contributed by atoms with Gasteiger partial charge >= 0.3 is 0 Å². The molecule has 1 aliphatic carbocycles. The van der Waals surface area contributed by atoms with E-state index in [1.165, 1.54) is 0 Å². The molecule has 0 spiro atoms. The minimum atomic E-state index is -0.413. The lowest BCUT2D eigenvalue weighted by molar-refractivity contribution is 0.0984. The highest BCUT2D eigenvalue weighted by Crippen LogP contribution is 2.31. The number of nitrogens with zero attached hydrogens (tertiary/aromatic N) is 3. The zero-order valence-corrected chi connectivity index (χ0v) is 15.9. The Balaban J connectivity index is 1.73. The average Bonchev–Trinajstić information content (AvgIpc) is 3.04. The van der Waals surface area contributed by atoms with Crippen molar-refractivity contribution in [1.29, 1.82) is 0 Å². The fourth-order valence-electron chi connectivity index (χ4n) is 3.37. The van der Waals surface area contributed by atoms with Crippen LogP contribution >= 0.6 is 11.6 Å². The van der Waals surface area contributed by atoms with Crippen LogP contribution in [0.3, 0.4) is 0 Å². The molecule has 3 rings (SSSR count). The number of ether oxygens (including phenoxy) is 1. The lowest BCUT2D eigenvalue weighted by Crippen LogP contribution is -2.40. The van der Waals surface area contributed by atoms with Gasteiger partial charge in [0.15, 0.2) is 5.82 Å². The zero-order chi connectivity index (χ0) is 18.5. The topological polar surface area (TPSA) is 86.2 Å². The van der Waals surface area contributed by atoms with Gasteiger partial charge in [-0.15, -0.1) is 0 Å². The van der Waals surface area contributed by atoms with E-state index in [0.29, 0.717) is 29.6 Å². The minimum Gasteiger partial charge on any atom is -0.485 e. The Hall–Kier alpha value is -1.63. The molecule has 0 saturated heterocycles. The van der Waals surface area contributed by atoms with Crippen molar-refractivity contribution < 1.29 is 9.84 Å². The number of rotatable bonds is 7. The Kier molecular flexibility index (Phi) is 6.51. The third kappa shape index (κ3) is 4.75. The number of hydrogen-bond acceptors (Lipinski definition) is 5. The number of aliphatic hydroxyl groups is 1. The monoisotopic (exact) mass is 378 g/mol. The van der Waals surface area contributed by atoms with Gasteiger partial charge in [0.2, 0.25) is 0 Å². The molecule has 1 heterocycles. The summed E-state index contributed by atoms with van der Waals surface area (Å²) in [6.07, 6.45) is 4.06. The molecule has 0 radical (unpaired) electrons. The molecule has 1 saturated carbocycles. The zero-order valence-electron chi connectivity index (χ0n) is 15.1. The molecule has 1 aliphatic rings. The average molecular weight is 379 g/mol. The summed E-state index contributed by atoms with van der Waals surface area (Å²) in [5.41, 5.74) is 6.07. The lowest BCUT2D eigenvalue weighted by Gasteiger charge is -2.30. The van der Waals surface area contributed by atoms with Crippen molar-refractivity contribution in [2.45, 2.75) is 70.2 Å². The van der Waals surface area contributed by atoms with E-state index in [1.54, 1.807) is 6.07 Å². The maximum atomic E-state index is 9.89. The molecule has 142 valence electrons. The van der Waals surface area contributed by atoms with Gasteiger partial charge in [-0.1, -0.05) is 31.0 Å². The van der Waals surface area contributed by atoms with Crippen molar-refractivity contribution >= 4 is 11.6 Å². The van der Waals surface area contributed by atoms with Gasteiger partial charge in [-0.25, -0.2) is 9.67 Å². The maximum Gasteiger partial charge on any atom is 0.188 e. The molecular formula is C19H27ClN4O2. The van der Waals surface area contributed by atoms with Gasteiger partial charge in [-0.3, -0.25) is 0 Å². The minimum absolute atomic E-state index is 0.198. The highest BCUT2D eigenvalue weighted by Gasteiger charge is 2.30. The summed E-state index contributed by atoms with van der Waals surface area (Å²) in [5.74, 6) is 2.56. The number of unbranched alkanes of at least 4 members (excludes halogenated alkanes) is 1. The van der Waals surface area contributed by atoms with Crippen molar-refractivity contribution in [3.8, 4) is 5.75 Å². The van der Waals surface area contributed by atoms with Crippen molar-refractivity contribution in [1.82, 2.24) is 14.8 Å². The molecule has 0 unspecified atom stereocenters. The maximum absolute atomic E-state index is 9.89. The molecule has 0 aliphatic heterocycles. The van der Waals surface area contributed by atoms with Gasteiger partial charge in [0.25, 0.3) is 0 Å². The molecule has 1 aromatic carbocycles. The highest BCUT2D eigenvalue weighted by molar-refractivity contribution is 6.30. The Bertz CT molecular complexity index is 721. The van der Waals surface area contributed by atoms with E-state index in [2.05, 4.69) is 12.0 Å². The molecule has 0 amide bonds. The van der Waals surface area contributed by atoms with Gasteiger partial charge in [-0.05, 0) is 43.9 Å². The third-order valence-corrected chi connectivity index (χ3v) is 5.09. The van der Waals surface area contributed by atoms with Gasteiger partial charge < -0.3 is 15.6 Å². The number of nitrogens with two attached hydrogens (primary N) is 1. The van der Waals surface area contributed by atoms with Crippen molar-refractivity contribution in [2.24, 2.45) is 5.73 Å². The van der Waals surface area contributed by atoms with Crippen LogP contribution in [0.15, 0.2) is 24.3 Å². The van der Waals surface area contributed by atoms with E-state index >= 15 is 0 Å². The van der Waals surface area contributed by atoms with Crippen LogP contribution in [0.1, 0.15) is 56.6 Å². The molecule has 3 atom stereocenters. The molecule has 2 aromatic rings. The smallest absolute Gasteiger partial charge is 0.188 e. The van der Waals surface area contributed by atoms with Crippen molar-refractivity contribution in [3.63, 3.8) is 0 Å². The molecular weight excluding hydrogens is 352 g/mol. The van der Waals surface area contributed by atoms with Gasteiger partial charge in [-0.2, -0.15) is 5.10 Å². The second-order valence-corrected chi connectivity index (χ2v) is 7.39. The Morgan fingerprint density at radius 3 is 2.96 bits per heavy atom. The van der Waals surface area contributed by atoms with Crippen LogP contribution in [0.5, 0.6) is 5.75 Å². The summed E-state index contributed by atoms with van der Waals surface area (Å²) in [4.78, 5) is 4.74. The normalized spacial score (nSPS) is 23.2. The Labute approximate surface area is 159 Å². The third-order valence-electron chi connectivity index (χ3n) is 4.86. The molecule has 1 fully saturated rings. The van der Waals surface area contributed by atoms with E-state index in [9.17, 15) is 5.11 Å². The summed E-state index contributed by atoms with van der Waals surface area (Å²) in [7, 11) is 0. The second kappa shape index (κ2) is 8.84. The largest absolute Gasteiger partial charge is 0.485 e. The Morgan fingerprint density at radius 2 is 2.23 bits per heavy atom. The summed E-state index contributed by atoms with van der Waals surface area (Å²) in [5, 5.41) is 15.2. The number of hydrogen-bond donors (Lipinski definition) is 2. The first-order valence-corrected chi connectivity index (χ1v) is 9.70. The van der Waals surface area contributed by atoms with Crippen LogP contribution in [-0.2, 0) is 13.2 Å². The van der Waals surface area contributed by atoms with E-state index in [-0.39, 0.29) is 12.0 Å². The van der Waals surface area contributed by atoms with E-state index in [4.69, 9.17) is 27.1 Å². The molecule has 6 nitrogen and oxygen atoms in total. The number of aliphatic hydroxyl groups excluding tert-OH is 1. The molecule has 26 heavy (non-hydrogen) atoms. The van der Waals surface area contributed by atoms with Gasteiger partial charge in [0.05, 0.1) is 6.10 Å². The van der Waals surface area contributed by atoms with Gasteiger partial charge in [0, 0.05) is 23.5 Å².